The minimum Gasteiger partial charge on any atom is -0.465 e. The number of carbonyl (C=O) groups is 1. The number of ether oxygens (including phenoxy) is 2. The molecule has 5 nitrogen and oxygen atoms in total. The molecular formula is C16H25BrN2O3. The third-order valence-electron chi connectivity index (χ3n) is 2.84. The third kappa shape index (κ3) is 6.32. The lowest BCUT2D eigenvalue weighted by Crippen LogP contribution is -2.45. The summed E-state index contributed by atoms with van der Waals surface area (Å²) in [6.07, 6.45) is 2.36. The molecule has 0 unspecified atom stereocenters. The predicted molar refractivity (Wildman–Crippen MR) is 90.1 cm³/mol. The highest BCUT2D eigenvalue weighted by Crippen LogP contribution is 2.28. The lowest BCUT2D eigenvalue weighted by Gasteiger charge is -2.33. The number of nitrogens with one attached hydrogen (secondary N) is 1. The van der Waals surface area contributed by atoms with Gasteiger partial charge >= 0.3 is 0 Å². The van der Waals surface area contributed by atoms with Crippen LogP contribution in [0.3, 0.4) is 0 Å². The van der Waals surface area contributed by atoms with Gasteiger partial charge in [-0.3, -0.25) is 4.79 Å². The number of methoxy groups -OCH3 is 1. The second-order valence-corrected chi connectivity index (χ2v) is 7.94. The molecule has 0 aliphatic heterocycles. The second kappa shape index (κ2) is 7.42. The average Bonchev–Trinajstić information content (AvgIpc) is 2.33. The van der Waals surface area contributed by atoms with E-state index in [1.54, 1.807) is 6.07 Å². The first-order valence-corrected chi connectivity index (χ1v) is 7.93. The monoisotopic (exact) mass is 372 g/mol. The van der Waals surface area contributed by atoms with Gasteiger partial charge in [0.1, 0.15) is 4.60 Å². The number of aromatic nitrogens is 1. The van der Waals surface area contributed by atoms with Crippen LogP contribution in [0, 0.1) is 5.41 Å². The molecular weight excluding hydrogens is 348 g/mol. The van der Waals surface area contributed by atoms with Crippen LogP contribution >= 0.6 is 15.9 Å². The van der Waals surface area contributed by atoms with Crippen LogP contribution in [0.25, 0.3) is 0 Å². The Morgan fingerprint density at radius 1 is 1.32 bits per heavy atom. The zero-order valence-corrected chi connectivity index (χ0v) is 15.7. The van der Waals surface area contributed by atoms with Gasteiger partial charge in [0.25, 0.3) is 5.91 Å². The lowest BCUT2D eigenvalue weighted by atomic mass is 9.81. The fourth-order valence-electron chi connectivity index (χ4n) is 2.58. The standard InChI is InChI=1S/C16H25BrN2O3/c1-15(2,3)9-16(4,5)19-14(20)11-7-13(17)18-8-12(11)22-10-21-6/h7-8H,9-10H2,1-6H3,(H,19,20). The lowest BCUT2D eigenvalue weighted by molar-refractivity contribution is 0.0496. The summed E-state index contributed by atoms with van der Waals surface area (Å²) in [4.78, 5) is 16.7. The summed E-state index contributed by atoms with van der Waals surface area (Å²) in [5.41, 5.74) is 0.218. The van der Waals surface area contributed by atoms with E-state index >= 15 is 0 Å². The Hall–Kier alpha value is -1.14. The van der Waals surface area contributed by atoms with Crippen molar-refractivity contribution >= 4 is 21.8 Å². The number of hydrogen-bond donors (Lipinski definition) is 1. The van der Waals surface area contributed by atoms with Crippen LogP contribution in [-0.2, 0) is 4.74 Å². The van der Waals surface area contributed by atoms with Gasteiger partial charge in [-0.2, -0.15) is 0 Å². The first-order chi connectivity index (χ1) is 10.0. The Morgan fingerprint density at radius 2 is 1.95 bits per heavy atom. The van der Waals surface area contributed by atoms with Crippen molar-refractivity contribution < 1.29 is 14.3 Å². The molecule has 0 spiro atoms. The van der Waals surface area contributed by atoms with E-state index in [-0.39, 0.29) is 23.7 Å². The average molecular weight is 373 g/mol. The van der Waals surface area contributed by atoms with Gasteiger partial charge < -0.3 is 14.8 Å². The topological polar surface area (TPSA) is 60.5 Å². The number of carbonyl (C=O) groups excluding carboxylic acids is 1. The van der Waals surface area contributed by atoms with E-state index in [0.29, 0.717) is 15.9 Å². The Balaban J connectivity index is 2.94. The molecule has 0 aromatic carbocycles. The van der Waals surface area contributed by atoms with Crippen LogP contribution in [0.1, 0.15) is 51.4 Å². The van der Waals surface area contributed by atoms with Gasteiger partial charge in [-0.05, 0) is 47.7 Å². The minimum atomic E-state index is -0.330. The summed E-state index contributed by atoms with van der Waals surface area (Å²) in [5.74, 6) is 0.206. The zero-order chi connectivity index (χ0) is 17.0. The molecule has 6 heteroatoms. The number of nitrogens with zero attached hydrogens (tertiary/aromatic N) is 1. The zero-order valence-electron chi connectivity index (χ0n) is 14.1. The van der Waals surface area contributed by atoms with Crippen molar-refractivity contribution in [3.63, 3.8) is 0 Å². The quantitative estimate of drug-likeness (QED) is 0.609. The van der Waals surface area contributed by atoms with Gasteiger partial charge in [0.2, 0.25) is 0 Å². The number of pyridine rings is 1. The molecule has 0 saturated heterocycles. The molecule has 1 heterocycles. The summed E-state index contributed by atoms with van der Waals surface area (Å²) < 4.78 is 10.9. The van der Waals surface area contributed by atoms with Crippen LogP contribution in [0.4, 0.5) is 0 Å². The Kier molecular flexibility index (Phi) is 6.38. The van der Waals surface area contributed by atoms with Gasteiger partial charge in [-0.1, -0.05) is 20.8 Å². The van der Waals surface area contributed by atoms with Crippen molar-refractivity contribution in [2.45, 2.75) is 46.6 Å². The molecule has 0 atom stereocenters. The van der Waals surface area contributed by atoms with Gasteiger partial charge in [-0.25, -0.2) is 4.98 Å². The highest BCUT2D eigenvalue weighted by molar-refractivity contribution is 9.10. The summed E-state index contributed by atoms with van der Waals surface area (Å²) in [7, 11) is 1.53. The first kappa shape index (κ1) is 18.9. The molecule has 0 aliphatic carbocycles. The molecule has 1 N–H and O–H groups in total. The number of amides is 1. The molecule has 0 radical (unpaired) electrons. The van der Waals surface area contributed by atoms with Crippen molar-refractivity contribution in [2.24, 2.45) is 5.41 Å². The molecule has 124 valence electrons. The van der Waals surface area contributed by atoms with Crippen LogP contribution in [0.5, 0.6) is 5.75 Å². The first-order valence-electron chi connectivity index (χ1n) is 7.14. The van der Waals surface area contributed by atoms with Crippen LogP contribution in [0.2, 0.25) is 0 Å². The Morgan fingerprint density at radius 3 is 2.50 bits per heavy atom. The highest BCUT2D eigenvalue weighted by atomic mass is 79.9. The molecule has 0 bridgehead atoms. The third-order valence-corrected chi connectivity index (χ3v) is 3.27. The van der Waals surface area contributed by atoms with Crippen molar-refractivity contribution in [2.75, 3.05) is 13.9 Å². The van der Waals surface area contributed by atoms with Gasteiger partial charge in [0, 0.05) is 12.6 Å². The van der Waals surface area contributed by atoms with E-state index in [1.807, 2.05) is 13.8 Å². The Labute approximate surface area is 140 Å². The molecule has 0 aliphatic rings. The minimum absolute atomic E-state index is 0.0645. The largest absolute Gasteiger partial charge is 0.465 e. The maximum Gasteiger partial charge on any atom is 0.255 e. The van der Waals surface area contributed by atoms with Gasteiger partial charge in [-0.15, -0.1) is 0 Å². The van der Waals surface area contributed by atoms with E-state index in [9.17, 15) is 4.79 Å². The second-order valence-electron chi connectivity index (χ2n) is 7.13. The number of hydrogen-bond acceptors (Lipinski definition) is 4. The van der Waals surface area contributed by atoms with E-state index in [2.05, 4.69) is 47.0 Å². The van der Waals surface area contributed by atoms with Crippen LogP contribution in [-0.4, -0.2) is 30.3 Å². The summed E-state index contributed by atoms with van der Waals surface area (Å²) in [5, 5.41) is 3.06. The van der Waals surface area contributed by atoms with E-state index in [1.165, 1.54) is 13.3 Å². The molecule has 1 amide bonds. The summed E-state index contributed by atoms with van der Waals surface area (Å²) in [6.45, 7) is 10.5. The van der Waals surface area contributed by atoms with Gasteiger partial charge in [0.05, 0.1) is 11.8 Å². The van der Waals surface area contributed by atoms with Crippen molar-refractivity contribution in [1.29, 1.82) is 0 Å². The molecule has 22 heavy (non-hydrogen) atoms. The van der Waals surface area contributed by atoms with Crippen LogP contribution < -0.4 is 10.1 Å². The normalized spacial score (nSPS) is 12.1. The number of rotatable bonds is 6. The van der Waals surface area contributed by atoms with Crippen molar-refractivity contribution in [3.8, 4) is 5.75 Å². The fourth-order valence-corrected chi connectivity index (χ4v) is 2.91. The maximum atomic E-state index is 12.6. The smallest absolute Gasteiger partial charge is 0.255 e. The molecule has 1 aromatic heterocycles. The summed E-state index contributed by atoms with van der Waals surface area (Å²) >= 11 is 3.28. The number of halogens is 1. The van der Waals surface area contributed by atoms with Crippen molar-refractivity contribution in [1.82, 2.24) is 10.3 Å². The molecule has 0 saturated carbocycles. The predicted octanol–water partition coefficient (Wildman–Crippen LogP) is 3.77. The van der Waals surface area contributed by atoms with Crippen molar-refractivity contribution in [3.05, 3.63) is 22.4 Å². The van der Waals surface area contributed by atoms with E-state index in [0.717, 1.165) is 6.42 Å². The highest BCUT2D eigenvalue weighted by Gasteiger charge is 2.28. The fraction of sp³-hybridized carbons (Fsp3) is 0.625. The summed E-state index contributed by atoms with van der Waals surface area (Å²) in [6, 6.07) is 1.65. The van der Waals surface area contributed by atoms with E-state index in [4.69, 9.17) is 9.47 Å². The SMILES string of the molecule is COCOc1cnc(Br)cc1C(=O)NC(C)(C)CC(C)(C)C. The molecule has 1 aromatic rings. The molecule has 1 rings (SSSR count). The van der Waals surface area contributed by atoms with Gasteiger partial charge in [0.15, 0.2) is 12.5 Å². The Bertz CT molecular complexity index is 525. The van der Waals surface area contributed by atoms with E-state index < -0.39 is 0 Å². The molecule has 0 fully saturated rings. The van der Waals surface area contributed by atoms with Crippen LogP contribution in [0.15, 0.2) is 16.9 Å². The maximum absolute atomic E-state index is 12.6.